The van der Waals surface area contributed by atoms with E-state index in [0.29, 0.717) is 11.9 Å². The van der Waals surface area contributed by atoms with Crippen LogP contribution in [0.3, 0.4) is 0 Å². The van der Waals surface area contributed by atoms with Crippen molar-refractivity contribution in [2.24, 2.45) is 23.7 Å². The largest absolute Gasteiger partial charge is 0.339 e. The third kappa shape index (κ3) is 3.54. The summed E-state index contributed by atoms with van der Waals surface area (Å²) in [5.41, 5.74) is 0. The minimum Gasteiger partial charge on any atom is -0.339 e. The average molecular weight is 388 g/mol. The lowest BCUT2D eigenvalue weighted by Gasteiger charge is -2.37. The number of amides is 3. The third-order valence-corrected chi connectivity index (χ3v) is 8.61. The van der Waals surface area contributed by atoms with Crippen molar-refractivity contribution < 1.29 is 9.59 Å². The molecule has 0 aromatic carbocycles. The van der Waals surface area contributed by atoms with Gasteiger partial charge in [-0.05, 0) is 82.0 Å². The van der Waals surface area contributed by atoms with Gasteiger partial charge in [-0.25, -0.2) is 4.79 Å². The standard InChI is InChI=1S/C23H37N3O2/c27-22(18-7-12-25(13-8-18)23(28)24-9-1-2-10-24)26-11-3-4-21(26)16-20-15-17-5-6-19(20)14-17/h17-21H,1-16H2. The molecule has 0 radical (unpaired) electrons. The third-order valence-electron chi connectivity index (χ3n) is 8.61. The molecule has 2 aliphatic carbocycles. The van der Waals surface area contributed by atoms with Gasteiger partial charge in [0.2, 0.25) is 5.91 Å². The normalized spacial score (nSPS) is 35.9. The molecule has 5 nitrogen and oxygen atoms in total. The maximum Gasteiger partial charge on any atom is 0.319 e. The van der Waals surface area contributed by atoms with Crippen molar-refractivity contribution in [1.29, 1.82) is 0 Å². The summed E-state index contributed by atoms with van der Waals surface area (Å²) in [5, 5.41) is 0. The Bertz CT molecular complexity index is 595. The van der Waals surface area contributed by atoms with Gasteiger partial charge >= 0.3 is 6.03 Å². The molecule has 5 aliphatic rings. The SMILES string of the molecule is O=C(N1CCCC1)N1CCC(C(=O)N2CCCC2CC2CC3CCC2C3)CC1. The van der Waals surface area contributed by atoms with Gasteiger partial charge < -0.3 is 14.7 Å². The number of hydrogen-bond acceptors (Lipinski definition) is 2. The van der Waals surface area contributed by atoms with Crippen molar-refractivity contribution in [3.05, 3.63) is 0 Å². The number of carbonyl (C=O) groups excluding carboxylic acids is 2. The van der Waals surface area contributed by atoms with Gasteiger partial charge in [0, 0.05) is 44.7 Å². The van der Waals surface area contributed by atoms with E-state index in [-0.39, 0.29) is 11.9 Å². The number of carbonyl (C=O) groups is 2. The summed E-state index contributed by atoms with van der Waals surface area (Å²) in [6.45, 7) is 4.32. The Balaban J connectivity index is 1.13. The Morgan fingerprint density at radius 3 is 2.18 bits per heavy atom. The van der Waals surface area contributed by atoms with Gasteiger partial charge in [-0.15, -0.1) is 0 Å². The summed E-state index contributed by atoms with van der Waals surface area (Å²) in [7, 11) is 0. The van der Waals surface area contributed by atoms with Crippen LogP contribution in [0, 0.1) is 23.7 Å². The van der Waals surface area contributed by atoms with Crippen LogP contribution in [-0.2, 0) is 4.79 Å². The quantitative estimate of drug-likeness (QED) is 0.741. The highest BCUT2D eigenvalue weighted by molar-refractivity contribution is 5.80. The molecule has 156 valence electrons. The van der Waals surface area contributed by atoms with Crippen LogP contribution in [0.4, 0.5) is 4.79 Å². The number of piperidine rings is 1. The van der Waals surface area contributed by atoms with Gasteiger partial charge in [-0.3, -0.25) is 4.79 Å². The van der Waals surface area contributed by atoms with Crippen LogP contribution >= 0.6 is 0 Å². The lowest BCUT2D eigenvalue weighted by Crippen LogP contribution is -2.49. The van der Waals surface area contributed by atoms with E-state index in [1.54, 1.807) is 0 Å². The van der Waals surface area contributed by atoms with Gasteiger partial charge in [-0.1, -0.05) is 6.42 Å². The molecule has 3 aliphatic heterocycles. The number of fused-ring (bicyclic) bond motifs is 2. The molecule has 0 spiro atoms. The molecule has 3 heterocycles. The van der Waals surface area contributed by atoms with Crippen molar-refractivity contribution in [1.82, 2.24) is 14.7 Å². The first-order valence-corrected chi connectivity index (χ1v) is 12.0. The molecule has 2 saturated carbocycles. The van der Waals surface area contributed by atoms with E-state index in [1.807, 2.05) is 9.80 Å². The molecule has 5 fully saturated rings. The second-order valence-electron chi connectivity index (χ2n) is 10.2. The lowest BCUT2D eigenvalue weighted by atomic mass is 9.83. The van der Waals surface area contributed by atoms with Crippen molar-refractivity contribution in [3.8, 4) is 0 Å². The lowest BCUT2D eigenvalue weighted by molar-refractivity contribution is -0.138. The topological polar surface area (TPSA) is 43.9 Å². The van der Waals surface area contributed by atoms with Crippen molar-refractivity contribution in [2.45, 2.75) is 76.7 Å². The van der Waals surface area contributed by atoms with Crippen LogP contribution in [0.25, 0.3) is 0 Å². The monoisotopic (exact) mass is 387 g/mol. The second kappa shape index (κ2) is 7.87. The van der Waals surface area contributed by atoms with Gasteiger partial charge in [0.05, 0.1) is 0 Å². The number of hydrogen-bond donors (Lipinski definition) is 0. The molecule has 5 rings (SSSR count). The first-order valence-electron chi connectivity index (χ1n) is 12.0. The van der Waals surface area contributed by atoms with Gasteiger partial charge in [0.25, 0.3) is 0 Å². The van der Waals surface area contributed by atoms with Crippen LogP contribution in [0.2, 0.25) is 0 Å². The van der Waals surface area contributed by atoms with Gasteiger partial charge in [0.15, 0.2) is 0 Å². The highest BCUT2D eigenvalue weighted by atomic mass is 16.2. The van der Waals surface area contributed by atoms with Crippen molar-refractivity contribution in [2.75, 3.05) is 32.7 Å². The molecule has 4 atom stereocenters. The predicted octanol–water partition coefficient (Wildman–Crippen LogP) is 3.73. The molecule has 3 saturated heterocycles. The van der Waals surface area contributed by atoms with Gasteiger partial charge in [0.1, 0.15) is 0 Å². The summed E-state index contributed by atoms with van der Waals surface area (Å²) in [6.07, 6.45) is 13.5. The minimum absolute atomic E-state index is 0.142. The number of rotatable bonds is 3. The Hall–Kier alpha value is -1.26. The van der Waals surface area contributed by atoms with Crippen molar-refractivity contribution in [3.63, 3.8) is 0 Å². The van der Waals surface area contributed by atoms with Crippen LogP contribution in [0.1, 0.15) is 70.6 Å². The molecule has 28 heavy (non-hydrogen) atoms. The summed E-state index contributed by atoms with van der Waals surface area (Å²) in [5.74, 6) is 3.39. The van der Waals surface area contributed by atoms with Crippen LogP contribution in [0.15, 0.2) is 0 Å². The Labute approximate surface area is 169 Å². The molecular formula is C23H37N3O2. The molecule has 5 heteroatoms. The molecule has 3 amide bonds. The van der Waals surface area contributed by atoms with E-state index in [2.05, 4.69) is 4.90 Å². The Morgan fingerprint density at radius 2 is 1.50 bits per heavy atom. The maximum absolute atomic E-state index is 13.3. The van der Waals surface area contributed by atoms with Crippen LogP contribution in [-0.4, -0.2) is 65.4 Å². The van der Waals surface area contributed by atoms with E-state index >= 15 is 0 Å². The number of urea groups is 1. The van der Waals surface area contributed by atoms with E-state index in [0.717, 1.165) is 76.2 Å². The van der Waals surface area contributed by atoms with Crippen LogP contribution < -0.4 is 0 Å². The number of nitrogens with zero attached hydrogens (tertiary/aromatic N) is 3. The second-order valence-corrected chi connectivity index (χ2v) is 10.2. The van der Waals surface area contributed by atoms with E-state index in [9.17, 15) is 9.59 Å². The van der Waals surface area contributed by atoms with Crippen LogP contribution in [0.5, 0.6) is 0 Å². The molecule has 0 aromatic rings. The molecular weight excluding hydrogens is 350 g/mol. The Kier molecular flexibility index (Phi) is 5.27. The fourth-order valence-electron chi connectivity index (χ4n) is 7.05. The van der Waals surface area contributed by atoms with E-state index in [1.165, 1.54) is 44.9 Å². The fourth-order valence-corrected chi connectivity index (χ4v) is 7.05. The molecule has 2 bridgehead atoms. The Morgan fingerprint density at radius 1 is 0.750 bits per heavy atom. The summed E-state index contributed by atoms with van der Waals surface area (Å²) < 4.78 is 0. The molecule has 0 N–H and O–H groups in total. The van der Waals surface area contributed by atoms with Gasteiger partial charge in [-0.2, -0.15) is 0 Å². The smallest absolute Gasteiger partial charge is 0.319 e. The van der Waals surface area contributed by atoms with Crippen molar-refractivity contribution >= 4 is 11.9 Å². The minimum atomic E-state index is 0.142. The zero-order chi connectivity index (χ0) is 19.1. The first kappa shape index (κ1) is 18.7. The molecule has 0 aromatic heterocycles. The summed E-state index contributed by atoms with van der Waals surface area (Å²) in [4.78, 5) is 32.1. The molecule has 4 unspecified atom stereocenters. The summed E-state index contributed by atoms with van der Waals surface area (Å²) >= 11 is 0. The number of likely N-dealkylation sites (tertiary alicyclic amines) is 3. The zero-order valence-electron chi connectivity index (χ0n) is 17.4. The highest BCUT2D eigenvalue weighted by Gasteiger charge is 2.43. The fraction of sp³-hybridized carbons (Fsp3) is 0.913. The summed E-state index contributed by atoms with van der Waals surface area (Å²) in [6, 6.07) is 0.708. The highest BCUT2D eigenvalue weighted by Crippen LogP contribution is 2.50. The van der Waals surface area contributed by atoms with E-state index < -0.39 is 0 Å². The first-order chi connectivity index (χ1) is 13.7. The van der Waals surface area contributed by atoms with E-state index in [4.69, 9.17) is 0 Å². The maximum atomic E-state index is 13.3. The zero-order valence-corrected chi connectivity index (χ0v) is 17.4. The predicted molar refractivity (Wildman–Crippen MR) is 109 cm³/mol. The average Bonchev–Trinajstić information content (AvgIpc) is 3.52.